The van der Waals surface area contributed by atoms with Crippen molar-refractivity contribution in [2.45, 2.75) is 45.4 Å². The molecule has 0 aliphatic rings. The summed E-state index contributed by atoms with van der Waals surface area (Å²) in [6.45, 7) is 4.35. The quantitative estimate of drug-likeness (QED) is 0.371. The Labute approximate surface area is 133 Å². The monoisotopic (exact) mass is 336 g/mol. The average molecular weight is 336 g/mol. The summed E-state index contributed by atoms with van der Waals surface area (Å²) >= 11 is 0. The fraction of sp³-hybridized carbons (Fsp3) is 0.769. The van der Waals surface area contributed by atoms with Crippen LogP contribution in [0.2, 0.25) is 0 Å². The highest BCUT2D eigenvalue weighted by Crippen LogP contribution is 2.22. The molecule has 0 radical (unpaired) electrons. The lowest BCUT2D eigenvalue weighted by atomic mass is 10.1. The number of rotatable bonds is 11. The molecule has 3 N–H and O–H groups in total. The average Bonchev–Trinajstić information content (AvgIpc) is 2.38. The third-order valence-electron chi connectivity index (χ3n) is 2.74. The fourth-order valence-electron chi connectivity index (χ4n) is 1.47. The first-order valence-electron chi connectivity index (χ1n) is 6.69. The summed E-state index contributed by atoms with van der Waals surface area (Å²) in [5.74, 6) is 0.763. The van der Waals surface area contributed by atoms with Gasteiger partial charge in [0.25, 0.3) is 0 Å². The zero-order valence-corrected chi connectivity index (χ0v) is 14.5. The smallest absolute Gasteiger partial charge is 0.238 e. The van der Waals surface area contributed by atoms with Crippen molar-refractivity contribution in [3.8, 4) is 0 Å². The summed E-state index contributed by atoms with van der Waals surface area (Å²) in [5.41, 5.74) is 0. The van der Waals surface area contributed by atoms with Crippen LogP contribution in [0.15, 0.2) is 0 Å². The van der Waals surface area contributed by atoms with E-state index in [1.54, 1.807) is 14.0 Å². The van der Waals surface area contributed by atoms with Gasteiger partial charge in [-0.2, -0.15) is 0 Å². The number of aliphatic hydroxyl groups is 1. The Hall–Kier alpha value is -0.570. The minimum absolute atomic E-state index is 0.146. The SMILES string of the molecule is CN[C@@H](CSSCCC(C)=O)C(=O)N[C@H](C(C)=O)[C@@H](C)O. The first-order chi connectivity index (χ1) is 9.79. The van der Waals surface area contributed by atoms with Crippen molar-refractivity contribution in [2.24, 2.45) is 0 Å². The normalized spacial score (nSPS) is 15.1. The van der Waals surface area contributed by atoms with Crippen molar-refractivity contribution in [1.82, 2.24) is 10.6 Å². The molecule has 122 valence electrons. The van der Waals surface area contributed by atoms with E-state index in [-0.39, 0.29) is 17.5 Å². The second kappa shape index (κ2) is 11.1. The maximum absolute atomic E-state index is 12.1. The molecule has 0 aromatic carbocycles. The van der Waals surface area contributed by atoms with E-state index in [1.165, 1.54) is 35.4 Å². The molecular formula is C13H24N2O4S2. The van der Waals surface area contributed by atoms with Gasteiger partial charge in [-0.25, -0.2) is 0 Å². The third-order valence-corrected chi connectivity index (χ3v) is 5.15. The van der Waals surface area contributed by atoms with Crippen molar-refractivity contribution in [3.63, 3.8) is 0 Å². The number of nitrogens with one attached hydrogen (secondary N) is 2. The third kappa shape index (κ3) is 9.13. The Bertz CT molecular complexity index is 364. The highest BCUT2D eigenvalue weighted by molar-refractivity contribution is 8.76. The summed E-state index contributed by atoms with van der Waals surface area (Å²) in [6.07, 6.45) is -0.413. The van der Waals surface area contributed by atoms with Crippen molar-refractivity contribution < 1.29 is 19.5 Å². The van der Waals surface area contributed by atoms with Crippen LogP contribution in [-0.4, -0.2) is 59.3 Å². The number of carbonyl (C=O) groups is 3. The molecule has 0 aliphatic carbocycles. The van der Waals surface area contributed by atoms with E-state index in [0.717, 1.165) is 0 Å². The number of aliphatic hydroxyl groups excluding tert-OH is 1. The van der Waals surface area contributed by atoms with E-state index >= 15 is 0 Å². The Morgan fingerprint density at radius 2 is 1.81 bits per heavy atom. The Kier molecular flexibility index (Phi) is 10.8. The molecule has 0 heterocycles. The van der Waals surface area contributed by atoms with Gasteiger partial charge in [-0.3, -0.25) is 14.4 Å². The lowest BCUT2D eigenvalue weighted by molar-refractivity contribution is -0.129. The predicted molar refractivity (Wildman–Crippen MR) is 87.4 cm³/mol. The van der Waals surface area contributed by atoms with Gasteiger partial charge in [-0.1, -0.05) is 21.6 Å². The van der Waals surface area contributed by atoms with Gasteiger partial charge in [0, 0.05) is 17.9 Å². The van der Waals surface area contributed by atoms with E-state index < -0.39 is 18.2 Å². The molecule has 0 fully saturated rings. The molecule has 0 saturated heterocycles. The van der Waals surface area contributed by atoms with Crippen LogP contribution < -0.4 is 10.6 Å². The molecule has 0 rings (SSSR count). The summed E-state index contributed by atoms with van der Waals surface area (Å²) in [6, 6.07) is -1.34. The van der Waals surface area contributed by atoms with Crippen LogP contribution in [0.25, 0.3) is 0 Å². The van der Waals surface area contributed by atoms with Crippen LogP contribution in [0, 0.1) is 0 Å². The topological polar surface area (TPSA) is 95.5 Å². The number of amides is 1. The number of hydrogen-bond donors (Lipinski definition) is 3. The van der Waals surface area contributed by atoms with Crippen LogP contribution >= 0.6 is 21.6 Å². The van der Waals surface area contributed by atoms with Crippen LogP contribution in [-0.2, 0) is 14.4 Å². The van der Waals surface area contributed by atoms with Gasteiger partial charge in [0.2, 0.25) is 5.91 Å². The Morgan fingerprint density at radius 1 is 1.19 bits per heavy atom. The van der Waals surface area contributed by atoms with Gasteiger partial charge in [0.05, 0.1) is 12.1 Å². The number of Topliss-reactive ketones (excluding diaryl/α,β-unsaturated/α-hetero) is 2. The maximum Gasteiger partial charge on any atom is 0.238 e. The molecule has 0 saturated carbocycles. The van der Waals surface area contributed by atoms with Gasteiger partial charge in [0.1, 0.15) is 11.8 Å². The molecule has 0 spiro atoms. The number of ketones is 2. The number of likely N-dealkylation sites (N-methyl/N-ethyl adjacent to an activating group) is 1. The molecule has 0 aliphatic heterocycles. The van der Waals surface area contributed by atoms with Crippen molar-refractivity contribution in [3.05, 3.63) is 0 Å². The first-order valence-corrected chi connectivity index (χ1v) is 9.18. The largest absolute Gasteiger partial charge is 0.391 e. The Balaban J connectivity index is 4.23. The molecule has 0 aromatic rings. The standard InChI is InChI=1S/C13H24N2O4S2/c1-8(16)5-6-20-21-7-11(14-4)13(19)15-12(9(2)17)10(3)18/h9,11-12,14,17H,5-7H2,1-4H3,(H,15,19)/t9-,11+,12+/m1/s1. The highest BCUT2D eigenvalue weighted by Gasteiger charge is 2.25. The zero-order valence-electron chi connectivity index (χ0n) is 12.8. The highest BCUT2D eigenvalue weighted by atomic mass is 33.1. The van der Waals surface area contributed by atoms with Crippen molar-refractivity contribution >= 4 is 39.1 Å². The van der Waals surface area contributed by atoms with Crippen LogP contribution in [0.4, 0.5) is 0 Å². The lowest BCUT2D eigenvalue weighted by Gasteiger charge is -2.22. The first kappa shape index (κ1) is 20.4. The van der Waals surface area contributed by atoms with Crippen LogP contribution in [0.1, 0.15) is 27.2 Å². The molecule has 0 unspecified atom stereocenters. The molecule has 3 atom stereocenters. The summed E-state index contributed by atoms with van der Waals surface area (Å²) in [7, 11) is 4.69. The molecule has 0 aromatic heterocycles. The fourth-order valence-corrected chi connectivity index (χ4v) is 3.81. The lowest BCUT2D eigenvalue weighted by Crippen LogP contribution is -2.53. The van der Waals surface area contributed by atoms with Crippen LogP contribution in [0.3, 0.4) is 0 Å². The van der Waals surface area contributed by atoms with Crippen molar-refractivity contribution in [1.29, 1.82) is 0 Å². The Morgan fingerprint density at radius 3 is 2.24 bits per heavy atom. The minimum atomic E-state index is -0.929. The number of hydrogen-bond acceptors (Lipinski definition) is 7. The van der Waals surface area contributed by atoms with Gasteiger partial charge in [0.15, 0.2) is 5.78 Å². The van der Waals surface area contributed by atoms with E-state index in [4.69, 9.17) is 0 Å². The summed E-state index contributed by atoms with van der Waals surface area (Å²) < 4.78 is 0. The molecule has 8 heteroatoms. The van der Waals surface area contributed by atoms with E-state index in [9.17, 15) is 19.5 Å². The van der Waals surface area contributed by atoms with Crippen LogP contribution in [0.5, 0.6) is 0 Å². The second-order valence-electron chi connectivity index (χ2n) is 4.74. The zero-order chi connectivity index (χ0) is 16.4. The van der Waals surface area contributed by atoms with Gasteiger partial charge in [-0.15, -0.1) is 0 Å². The molecule has 21 heavy (non-hydrogen) atoms. The van der Waals surface area contributed by atoms with E-state index in [1.807, 2.05) is 0 Å². The van der Waals surface area contributed by atoms with E-state index in [2.05, 4.69) is 10.6 Å². The molecular weight excluding hydrogens is 312 g/mol. The van der Waals surface area contributed by atoms with Crippen molar-refractivity contribution in [2.75, 3.05) is 18.6 Å². The minimum Gasteiger partial charge on any atom is -0.391 e. The number of carbonyl (C=O) groups excluding carboxylic acids is 3. The second-order valence-corrected chi connectivity index (χ2v) is 7.36. The summed E-state index contributed by atoms with van der Waals surface area (Å²) in [4.78, 5) is 34.2. The molecule has 6 nitrogen and oxygen atoms in total. The van der Waals surface area contributed by atoms with E-state index in [0.29, 0.717) is 17.9 Å². The van der Waals surface area contributed by atoms with Gasteiger partial charge < -0.3 is 15.7 Å². The molecule has 0 bridgehead atoms. The predicted octanol–water partition coefficient (Wildman–Crippen LogP) is 0.389. The molecule has 1 amide bonds. The maximum atomic E-state index is 12.1. The summed E-state index contributed by atoms with van der Waals surface area (Å²) in [5, 5.41) is 14.9. The van der Waals surface area contributed by atoms with Gasteiger partial charge >= 0.3 is 0 Å². The van der Waals surface area contributed by atoms with Gasteiger partial charge in [-0.05, 0) is 27.8 Å².